The Morgan fingerprint density at radius 1 is 1.44 bits per heavy atom. The number of anilines is 1. The zero-order valence-corrected chi connectivity index (χ0v) is 9.86. The Labute approximate surface area is 97.2 Å². The number of nitrogens with two attached hydrogens (primary N) is 1. The molecular weight excluding hydrogens is 200 g/mol. The number of para-hydroxylation sites is 2. The summed E-state index contributed by atoms with van der Waals surface area (Å²) in [5, 5.41) is 0. The molecule has 0 bridgehead atoms. The molecule has 1 aromatic rings. The van der Waals surface area contributed by atoms with Crippen molar-refractivity contribution in [2.75, 3.05) is 24.5 Å². The molecule has 0 fully saturated rings. The van der Waals surface area contributed by atoms with E-state index in [9.17, 15) is 0 Å². The first-order valence-corrected chi connectivity index (χ1v) is 6.06. The molecule has 0 amide bonds. The summed E-state index contributed by atoms with van der Waals surface area (Å²) in [5.74, 6) is 1.01. The van der Waals surface area contributed by atoms with Gasteiger partial charge in [-0.3, -0.25) is 0 Å². The van der Waals surface area contributed by atoms with E-state index in [2.05, 4.69) is 24.0 Å². The third-order valence-electron chi connectivity index (χ3n) is 3.01. The molecule has 2 rings (SSSR count). The number of benzene rings is 1. The van der Waals surface area contributed by atoms with Crippen LogP contribution in [0.5, 0.6) is 5.75 Å². The lowest BCUT2D eigenvalue weighted by molar-refractivity contribution is 0.189. The molecule has 88 valence electrons. The highest BCUT2D eigenvalue weighted by Crippen LogP contribution is 2.33. The minimum absolute atomic E-state index is 0.313. The van der Waals surface area contributed by atoms with E-state index in [-0.39, 0.29) is 0 Å². The average Bonchev–Trinajstić information content (AvgIpc) is 2.35. The SMILES string of the molecule is CCC1CN(CCCN)c2ccccc2O1. The van der Waals surface area contributed by atoms with Gasteiger partial charge in [-0.15, -0.1) is 0 Å². The van der Waals surface area contributed by atoms with Gasteiger partial charge in [-0.1, -0.05) is 19.1 Å². The molecule has 1 aliphatic heterocycles. The molecule has 1 aromatic carbocycles. The fourth-order valence-electron chi connectivity index (χ4n) is 2.09. The minimum Gasteiger partial charge on any atom is -0.486 e. The summed E-state index contributed by atoms with van der Waals surface area (Å²) in [5.41, 5.74) is 6.78. The first-order chi connectivity index (χ1) is 7.85. The highest BCUT2D eigenvalue weighted by molar-refractivity contribution is 5.60. The van der Waals surface area contributed by atoms with Gasteiger partial charge in [0.05, 0.1) is 12.2 Å². The maximum Gasteiger partial charge on any atom is 0.143 e. The zero-order valence-electron chi connectivity index (χ0n) is 9.86. The van der Waals surface area contributed by atoms with Crippen LogP contribution >= 0.6 is 0 Å². The minimum atomic E-state index is 0.313. The van der Waals surface area contributed by atoms with Gasteiger partial charge in [0.15, 0.2) is 0 Å². The van der Waals surface area contributed by atoms with Crippen molar-refractivity contribution in [3.63, 3.8) is 0 Å². The van der Waals surface area contributed by atoms with Crippen LogP contribution in [0.4, 0.5) is 5.69 Å². The number of fused-ring (bicyclic) bond motifs is 1. The van der Waals surface area contributed by atoms with Crippen LogP contribution in [-0.2, 0) is 0 Å². The molecule has 1 unspecified atom stereocenters. The van der Waals surface area contributed by atoms with Crippen molar-refractivity contribution in [2.45, 2.75) is 25.9 Å². The average molecular weight is 220 g/mol. The smallest absolute Gasteiger partial charge is 0.143 e. The van der Waals surface area contributed by atoms with Crippen molar-refractivity contribution >= 4 is 5.69 Å². The van der Waals surface area contributed by atoms with E-state index in [1.165, 1.54) is 5.69 Å². The Morgan fingerprint density at radius 3 is 3.00 bits per heavy atom. The first-order valence-electron chi connectivity index (χ1n) is 6.06. The Kier molecular flexibility index (Phi) is 3.67. The third-order valence-corrected chi connectivity index (χ3v) is 3.01. The van der Waals surface area contributed by atoms with Crippen molar-refractivity contribution in [1.29, 1.82) is 0 Å². The van der Waals surface area contributed by atoms with Gasteiger partial charge in [0.1, 0.15) is 11.9 Å². The van der Waals surface area contributed by atoms with Crippen LogP contribution < -0.4 is 15.4 Å². The van der Waals surface area contributed by atoms with E-state index < -0.39 is 0 Å². The third kappa shape index (κ3) is 2.30. The van der Waals surface area contributed by atoms with E-state index >= 15 is 0 Å². The van der Waals surface area contributed by atoms with Crippen molar-refractivity contribution in [2.24, 2.45) is 5.73 Å². The van der Waals surface area contributed by atoms with Crippen molar-refractivity contribution < 1.29 is 4.74 Å². The predicted octanol–water partition coefficient (Wildman–Crippen LogP) is 2.01. The highest BCUT2D eigenvalue weighted by Gasteiger charge is 2.23. The van der Waals surface area contributed by atoms with Crippen LogP contribution in [0.1, 0.15) is 19.8 Å². The van der Waals surface area contributed by atoms with Gasteiger partial charge in [0.2, 0.25) is 0 Å². The van der Waals surface area contributed by atoms with Gasteiger partial charge in [-0.05, 0) is 31.5 Å². The van der Waals surface area contributed by atoms with Crippen molar-refractivity contribution in [3.05, 3.63) is 24.3 Å². The summed E-state index contributed by atoms with van der Waals surface area (Å²) in [6.45, 7) is 4.91. The summed E-state index contributed by atoms with van der Waals surface area (Å²) < 4.78 is 5.92. The molecular formula is C13H20N2O. The second-order valence-electron chi connectivity index (χ2n) is 4.20. The Hall–Kier alpha value is -1.22. The summed E-state index contributed by atoms with van der Waals surface area (Å²) >= 11 is 0. The van der Waals surface area contributed by atoms with Gasteiger partial charge in [-0.25, -0.2) is 0 Å². The monoisotopic (exact) mass is 220 g/mol. The van der Waals surface area contributed by atoms with Crippen molar-refractivity contribution in [3.8, 4) is 5.75 Å². The van der Waals surface area contributed by atoms with E-state index in [0.29, 0.717) is 6.10 Å². The number of hydrogen-bond acceptors (Lipinski definition) is 3. The fourth-order valence-corrected chi connectivity index (χ4v) is 2.09. The number of hydrogen-bond donors (Lipinski definition) is 1. The number of ether oxygens (including phenoxy) is 1. The molecule has 1 atom stereocenters. The second-order valence-corrected chi connectivity index (χ2v) is 4.20. The molecule has 0 radical (unpaired) electrons. The summed E-state index contributed by atoms with van der Waals surface area (Å²) in [6, 6.07) is 8.26. The molecule has 3 heteroatoms. The predicted molar refractivity (Wildman–Crippen MR) is 67.0 cm³/mol. The first kappa shape index (κ1) is 11.3. The molecule has 0 saturated carbocycles. The van der Waals surface area contributed by atoms with Crippen LogP contribution in [0.25, 0.3) is 0 Å². The molecule has 0 aliphatic carbocycles. The summed E-state index contributed by atoms with van der Waals surface area (Å²) in [4.78, 5) is 2.39. The Bertz CT molecular complexity index is 340. The quantitative estimate of drug-likeness (QED) is 0.843. The second kappa shape index (κ2) is 5.21. The molecule has 1 aliphatic rings. The molecule has 0 saturated heterocycles. The lowest BCUT2D eigenvalue weighted by Crippen LogP contribution is -2.40. The number of rotatable bonds is 4. The van der Waals surface area contributed by atoms with Crippen LogP contribution in [0.3, 0.4) is 0 Å². The lowest BCUT2D eigenvalue weighted by atomic mass is 10.1. The van der Waals surface area contributed by atoms with Gasteiger partial charge in [0.25, 0.3) is 0 Å². The Balaban J connectivity index is 2.17. The van der Waals surface area contributed by atoms with Crippen LogP contribution in [0.2, 0.25) is 0 Å². The van der Waals surface area contributed by atoms with Crippen molar-refractivity contribution in [1.82, 2.24) is 0 Å². The van der Waals surface area contributed by atoms with Gasteiger partial charge < -0.3 is 15.4 Å². The lowest BCUT2D eigenvalue weighted by Gasteiger charge is -2.36. The number of nitrogens with zero attached hydrogens (tertiary/aromatic N) is 1. The standard InChI is InChI=1S/C13H20N2O/c1-2-11-10-15(9-5-8-14)12-6-3-4-7-13(12)16-11/h3-4,6-7,11H,2,5,8-10,14H2,1H3. The molecule has 1 heterocycles. The van der Waals surface area contributed by atoms with Crippen LogP contribution in [0.15, 0.2) is 24.3 Å². The molecule has 3 nitrogen and oxygen atoms in total. The van der Waals surface area contributed by atoms with Crippen LogP contribution in [-0.4, -0.2) is 25.7 Å². The van der Waals surface area contributed by atoms with E-state index in [4.69, 9.17) is 10.5 Å². The summed E-state index contributed by atoms with van der Waals surface area (Å²) in [6.07, 6.45) is 2.39. The van der Waals surface area contributed by atoms with E-state index in [1.807, 2.05) is 12.1 Å². The largest absolute Gasteiger partial charge is 0.486 e. The van der Waals surface area contributed by atoms with Gasteiger partial charge in [0, 0.05) is 6.54 Å². The molecule has 0 spiro atoms. The van der Waals surface area contributed by atoms with Crippen LogP contribution in [0, 0.1) is 0 Å². The topological polar surface area (TPSA) is 38.5 Å². The normalized spacial score (nSPS) is 19.1. The van der Waals surface area contributed by atoms with Gasteiger partial charge in [-0.2, -0.15) is 0 Å². The maximum absolute atomic E-state index is 5.92. The molecule has 0 aromatic heterocycles. The zero-order chi connectivity index (χ0) is 11.4. The van der Waals surface area contributed by atoms with E-state index in [0.717, 1.165) is 38.2 Å². The van der Waals surface area contributed by atoms with E-state index in [1.54, 1.807) is 0 Å². The summed E-state index contributed by atoms with van der Waals surface area (Å²) in [7, 11) is 0. The Morgan fingerprint density at radius 2 is 2.25 bits per heavy atom. The molecule has 2 N–H and O–H groups in total. The molecule has 16 heavy (non-hydrogen) atoms. The fraction of sp³-hybridized carbons (Fsp3) is 0.538. The van der Waals surface area contributed by atoms with Gasteiger partial charge >= 0.3 is 0 Å². The highest BCUT2D eigenvalue weighted by atomic mass is 16.5. The maximum atomic E-state index is 5.92.